The molecule has 0 amide bonds. The Kier molecular flexibility index (Phi) is 5.27. The first-order valence-corrected chi connectivity index (χ1v) is 6.09. The molecule has 0 saturated carbocycles. The van der Waals surface area contributed by atoms with Crippen LogP contribution in [0.1, 0.15) is 19.4 Å². The van der Waals surface area contributed by atoms with E-state index in [-0.39, 0.29) is 0 Å². The fraction of sp³-hybridized carbons (Fsp3) is 0.462. The van der Waals surface area contributed by atoms with E-state index in [4.69, 9.17) is 22.6 Å². The van der Waals surface area contributed by atoms with Crippen LogP contribution in [-0.2, 0) is 0 Å². The summed E-state index contributed by atoms with van der Waals surface area (Å²) in [6.45, 7) is 5.75. The number of nitrogens with one attached hydrogen (secondary N) is 1. The minimum Gasteiger partial charge on any atom is -0.384 e. The Balaban J connectivity index is 2.67. The molecule has 0 aliphatic carbocycles. The molecule has 1 aromatic rings. The molecule has 92 valence electrons. The van der Waals surface area contributed by atoms with Crippen molar-refractivity contribution in [3.63, 3.8) is 0 Å². The first kappa shape index (κ1) is 13.8. The summed E-state index contributed by atoms with van der Waals surface area (Å²) in [7, 11) is 0. The van der Waals surface area contributed by atoms with E-state index in [1.807, 2.05) is 6.07 Å². The SMILES string of the molecule is CC(C)C(CN)CNc1ccc(C#N)cc1Cl. The van der Waals surface area contributed by atoms with Crippen LogP contribution in [0.4, 0.5) is 5.69 Å². The number of nitrogens with zero attached hydrogens (tertiary/aromatic N) is 1. The van der Waals surface area contributed by atoms with Gasteiger partial charge in [0.05, 0.1) is 22.3 Å². The molecule has 0 aromatic heterocycles. The molecule has 3 N–H and O–H groups in total. The summed E-state index contributed by atoms with van der Waals surface area (Å²) in [5.41, 5.74) is 7.13. The summed E-state index contributed by atoms with van der Waals surface area (Å²) in [6.07, 6.45) is 0. The lowest BCUT2D eigenvalue weighted by atomic mass is 9.96. The zero-order valence-corrected chi connectivity index (χ0v) is 11.0. The highest BCUT2D eigenvalue weighted by atomic mass is 35.5. The van der Waals surface area contributed by atoms with Crippen LogP contribution in [0.3, 0.4) is 0 Å². The first-order valence-electron chi connectivity index (χ1n) is 5.72. The second kappa shape index (κ2) is 6.48. The maximum atomic E-state index is 8.74. The van der Waals surface area contributed by atoms with Crippen LogP contribution >= 0.6 is 11.6 Å². The maximum absolute atomic E-state index is 8.74. The quantitative estimate of drug-likeness (QED) is 0.846. The second-order valence-corrected chi connectivity index (χ2v) is 4.83. The number of benzene rings is 1. The highest BCUT2D eigenvalue weighted by molar-refractivity contribution is 6.33. The predicted molar refractivity (Wildman–Crippen MR) is 72.0 cm³/mol. The molecule has 0 spiro atoms. The molecule has 0 aliphatic rings. The molecule has 0 radical (unpaired) electrons. The Bertz CT molecular complexity index is 410. The molecule has 1 aromatic carbocycles. The van der Waals surface area contributed by atoms with Crippen molar-refractivity contribution in [3.8, 4) is 6.07 Å². The van der Waals surface area contributed by atoms with E-state index in [2.05, 4.69) is 25.2 Å². The van der Waals surface area contributed by atoms with Crippen molar-refractivity contribution in [3.05, 3.63) is 28.8 Å². The predicted octanol–water partition coefficient (Wildman–Crippen LogP) is 2.85. The molecule has 17 heavy (non-hydrogen) atoms. The van der Waals surface area contributed by atoms with E-state index in [0.29, 0.717) is 29.0 Å². The summed E-state index contributed by atoms with van der Waals surface area (Å²) in [5.74, 6) is 0.950. The molecule has 3 nitrogen and oxygen atoms in total. The third-order valence-electron chi connectivity index (χ3n) is 2.90. The van der Waals surface area contributed by atoms with Crippen molar-refractivity contribution in [2.75, 3.05) is 18.4 Å². The van der Waals surface area contributed by atoms with Gasteiger partial charge in [0.2, 0.25) is 0 Å². The van der Waals surface area contributed by atoms with Crippen LogP contribution in [-0.4, -0.2) is 13.1 Å². The van der Waals surface area contributed by atoms with Crippen molar-refractivity contribution in [2.24, 2.45) is 17.6 Å². The zero-order valence-electron chi connectivity index (χ0n) is 10.2. The Hall–Kier alpha value is -1.24. The lowest BCUT2D eigenvalue weighted by Gasteiger charge is -2.20. The number of rotatable bonds is 5. The number of hydrogen-bond acceptors (Lipinski definition) is 3. The highest BCUT2D eigenvalue weighted by Gasteiger charge is 2.11. The van der Waals surface area contributed by atoms with Gasteiger partial charge in [-0.1, -0.05) is 25.4 Å². The van der Waals surface area contributed by atoms with E-state index in [0.717, 1.165) is 12.2 Å². The largest absolute Gasteiger partial charge is 0.384 e. The Labute approximate surface area is 108 Å². The van der Waals surface area contributed by atoms with Crippen molar-refractivity contribution in [1.82, 2.24) is 0 Å². The number of nitriles is 1. The fourth-order valence-electron chi connectivity index (χ4n) is 1.56. The van der Waals surface area contributed by atoms with E-state index < -0.39 is 0 Å². The normalized spacial score (nSPS) is 12.2. The van der Waals surface area contributed by atoms with Crippen LogP contribution in [0, 0.1) is 23.2 Å². The highest BCUT2D eigenvalue weighted by Crippen LogP contribution is 2.23. The molecule has 0 saturated heterocycles. The smallest absolute Gasteiger partial charge is 0.0992 e. The van der Waals surface area contributed by atoms with Crippen molar-refractivity contribution < 1.29 is 0 Å². The van der Waals surface area contributed by atoms with Gasteiger partial charge in [0.25, 0.3) is 0 Å². The Morgan fingerprint density at radius 1 is 1.47 bits per heavy atom. The van der Waals surface area contributed by atoms with Crippen LogP contribution in [0.5, 0.6) is 0 Å². The lowest BCUT2D eigenvalue weighted by Crippen LogP contribution is -2.27. The van der Waals surface area contributed by atoms with Gasteiger partial charge in [-0.25, -0.2) is 0 Å². The second-order valence-electron chi connectivity index (χ2n) is 4.43. The molecule has 4 heteroatoms. The average molecular weight is 252 g/mol. The average Bonchev–Trinajstić information content (AvgIpc) is 2.31. The van der Waals surface area contributed by atoms with Crippen LogP contribution in [0.15, 0.2) is 18.2 Å². The Morgan fingerprint density at radius 2 is 2.18 bits per heavy atom. The van der Waals surface area contributed by atoms with Gasteiger partial charge in [0.15, 0.2) is 0 Å². The third-order valence-corrected chi connectivity index (χ3v) is 3.21. The van der Waals surface area contributed by atoms with Gasteiger partial charge in [0.1, 0.15) is 0 Å². The van der Waals surface area contributed by atoms with Gasteiger partial charge in [-0.05, 0) is 36.6 Å². The van der Waals surface area contributed by atoms with Crippen molar-refractivity contribution in [1.29, 1.82) is 5.26 Å². The van der Waals surface area contributed by atoms with Gasteiger partial charge < -0.3 is 11.1 Å². The van der Waals surface area contributed by atoms with Crippen LogP contribution in [0.2, 0.25) is 5.02 Å². The topological polar surface area (TPSA) is 61.8 Å². The summed E-state index contributed by atoms with van der Waals surface area (Å²) in [4.78, 5) is 0. The summed E-state index contributed by atoms with van der Waals surface area (Å²) in [6, 6.07) is 7.30. The molecule has 1 rings (SSSR count). The molecule has 0 bridgehead atoms. The van der Waals surface area contributed by atoms with Crippen LogP contribution < -0.4 is 11.1 Å². The number of hydrogen-bond donors (Lipinski definition) is 2. The van der Waals surface area contributed by atoms with Gasteiger partial charge in [0, 0.05) is 6.54 Å². The van der Waals surface area contributed by atoms with Crippen molar-refractivity contribution >= 4 is 17.3 Å². The summed E-state index contributed by atoms with van der Waals surface area (Å²) < 4.78 is 0. The van der Waals surface area contributed by atoms with Gasteiger partial charge in [-0.2, -0.15) is 5.26 Å². The standard InChI is InChI=1S/C13H18ClN3/c1-9(2)11(7-16)8-17-13-4-3-10(6-15)5-12(13)14/h3-5,9,11,17H,7-8,16H2,1-2H3. The number of halogens is 1. The third kappa shape index (κ3) is 3.92. The number of nitrogens with two attached hydrogens (primary N) is 1. The summed E-state index contributed by atoms with van der Waals surface area (Å²) in [5, 5.41) is 12.6. The van der Waals surface area contributed by atoms with Crippen molar-refractivity contribution in [2.45, 2.75) is 13.8 Å². The monoisotopic (exact) mass is 251 g/mol. The van der Waals surface area contributed by atoms with E-state index in [9.17, 15) is 0 Å². The minimum absolute atomic E-state index is 0.418. The van der Waals surface area contributed by atoms with E-state index >= 15 is 0 Å². The first-order chi connectivity index (χ1) is 8.08. The van der Waals surface area contributed by atoms with E-state index in [1.54, 1.807) is 12.1 Å². The zero-order chi connectivity index (χ0) is 12.8. The van der Waals surface area contributed by atoms with E-state index in [1.165, 1.54) is 0 Å². The summed E-state index contributed by atoms with van der Waals surface area (Å²) >= 11 is 6.07. The molecule has 0 aliphatic heterocycles. The molecular weight excluding hydrogens is 234 g/mol. The Morgan fingerprint density at radius 3 is 2.65 bits per heavy atom. The molecule has 0 heterocycles. The maximum Gasteiger partial charge on any atom is 0.0992 e. The molecule has 1 unspecified atom stereocenters. The van der Waals surface area contributed by atoms with Crippen LogP contribution in [0.25, 0.3) is 0 Å². The molecular formula is C13H18ClN3. The van der Waals surface area contributed by atoms with Gasteiger partial charge in [-0.3, -0.25) is 0 Å². The number of anilines is 1. The lowest BCUT2D eigenvalue weighted by molar-refractivity contribution is 0.413. The molecule has 1 atom stereocenters. The van der Waals surface area contributed by atoms with Gasteiger partial charge in [-0.15, -0.1) is 0 Å². The minimum atomic E-state index is 0.418. The molecule has 0 fully saturated rings. The van der Waals surface area contributed by atoms with Gasteiger partial charge >= 0.3 is 0 Å². The fourth-order valence-corrected chi connectivity index (χ4v) is 1.81.